The van der Waals surface area contributed by atoms with E-state index >= 15 is 0 Å². The van der Waals surface area contributed by atoms with Gasteiger partial charge in [0, 0.05) is 30.6 Å². The number of aromatic nitrogens is 2. The van der Waals surface area contributed by atoms with Crippen LogP contribution in [-0.2, 0) is 14.8 Å². The minimum atomic E-state index is -3.74. The number of anilines is 1. The molecule has 31 heavy (non-hydrogen) atoms. The maximum absolute atomic E-state index is 13.4. The highest BCUT2D eigenvalue weighted by Gasteiger charge is 2.35. The number of carbonyl (C=O) groups excluding carboxylic acids is 1. The largest absolute Gasteiger partial charge is 0.339 e. The number of carbonyl (C=O) groups is 1. The zero-order valence-corrected chi connectivity index (χ0v) is 19.2. The van der Waals surface area contributed by atoms with Crippen molar-refractivity contribution >= 4 is 33.0 Å². The summed E-state index contributed by atoms with van der Waals surface area (Å²) in [7, 11) is -3.74. The van der Waals surface area contributed by atoms with E-state index in [0.717, 1.165) is 11.3 Å². The summed E-state index contributed by atoms with van der Waals surface area (Å²) in [6.45, 7) is 5.95. The van der Waals surface area contributed by atoms with Gasteiger partial charge in [0.1, 0.15) is 0 Å². The van der Waals surface area contributed by atoms with Crippen LogP contribution in [0.1, 0.15) is 29.2 Å². The Morgan fingerprint density at radius 1 is 1.26 bits per heavy atom. The molecule has 3 aromatic rings. The molecule has 0 aliphatic carbocycles. The number of hydrogen-bond donors (Lipinski definition) is 1. The van der Waals surface area contributed by atoms with Crippen LogP contribution in [0.3, 0.4) is 0 Å². The Bertz CT molecular complexity index is 1220. The van der Waals surface area contributed by atoms with Crippen LogP contribution in [0.15, 0.2) is 39.8 Å². The van der Waals surface area contributed by atoms with Crippen molar-refractivity contribution in [2.24, 2.45) is 5.92 Å². The lowest BCUT2D eigenvalue weighted by Crippen LogP contribution is -2.43. The van der Waals surface area contributed by atoms with Crippen molar-refractivity contribution in [2.75, 3.05) is 18.4 Å². The first-order valence-electron chi connectivity index (χ1n) is 10.0. The molecule has 0 unspecified atom stereocenters. The lowest BCUT2D eigenvalue weighted by atomic mass is 9.98. The number of piperidine rings is 1. The molecule has 0 bridgehead atoms. The van der Waals surface area contributed by atoms with Gasteiger partial charge in [-0.15, -0.1) is 11.3 Å². The molecule has 0 saturated carbocycles. The number of amides is 1. The molecule has 2 aromatic heterocycles. The lowest BCUT2D eigenvalue weighted by Gasteiger charge is -2.31. The first-order chi connectivity index (χ1) is 14.7. The molecule has 164 valence electrons. The second-order valence-corrected chi connectivity index (χ2v) is 10.9. The zero-order chi connectivity index (χ0) is 22.2. The Balaban J connectivity index is 1.52. The standard InChI is InChI=1S/C21H24N4O4S2/c1-13-6-4-8-17(10-13)23-21(26)16-7-5-9-25(12-16)31(27,28)19-11-18(30-14(19)2)20-22-15(3)29-24-20/h4,6,8,10-11,16H,5,7,9,12H2,1-3H3,(H,23,26)/t16-/m0/s1. The van der Waals surface area contributed by atoms with Crippen LogP contribution in [0, 0.1) is 26.7 Å². The molecular formula is C21H24N4O4S2. The first kappa shape index (κ1) is 21.7. The maximum atomic E-state index is 13.4. The summed E-state index contributed by atoms with van der Waals surface area (Å²) in [5, 5.41) is 6.80. The molecule has 0 radical (unpaired) electrons. The van der Waals surface area contributed by atoms with Gasteiger partial charge in [-0.25, -0.2) is 8.42 Å². The van der Waals surface area contributed by atoms with Crippen LogP contribution in [0.2, 0.25) is 0 Å². The molecule has 1 aliphatic heterocycles. The number of nitrogens with zero attached hydrogens (tertiary/aromatic N) is 3. The highest BCUT2D eigenvalue weighted by Crippen LogP contribution is 2.35. The average molecular weight is 461 g/mol. The van der Waals surface area contributed by atoms with Crippen LogP contribution in [0.4, 0.5) is 5.69 Å². The minimum Gasteiger partial charge on any atom is -0.339 e. The van der Waals surface area contributed by atoms with Crippen LogP contribution in [0.25, 0.3) is 10.7 Å². The van der Waals surface area contributed by atoms with E-state index in [1.165, 1.54) is 15.6 Å². The third kappa shape index (κ3) is 4.56. The molecule has 1 saturated heterocycles. The zero-order valence-electron chi connectivity index (χ0n) is 17.6. The van der Waals surface area contributed by atoms with Crippen LogP contribution in [0.5, 0.6) is 0 Å². The maximum Gasteiger partial charge on any atom is 0.244 e. The molecule has 1 amide bonds. The van der Waals surface area contributed by atoms with Gasteiger partial charge in [-0.05, 0) is 50.5 Å². The van der Waals surface area contributed by atoms with Gasteiger partial charge >= 0.3 is 0 Å². The Morgan fingerprint density at radius 3 is 2.77 bits per heavy atom. The third-order valence-electron chi connectivity index (χ3n) is 5.28. The highest BCUT2D eigenvalue weighted by molar-refractivity contribution is 7.89. The molecule has 1 fully saturated rings. The summed E-state index contributed by atoms with van der Waals surface area (Å²) >= 11 is 1.31. The number of nitrogens with one attached hydrogen (secondary N) is 1. The molecule has 8 nitrogen and oxygen atoms in total. The topological polar surface area (TPSA) is 105 Å². The van der Waals surface area contributed by atoms with Crippen molar-refractivity contribution in [3.8, 4) is 10.7 Å². The lowest BCUT2D eigenvalue weighted by molar-refractivity contribution is -0.120. The second-order valence-electron chi connectivity index (χ2n) is 7.73. The SMILES string of the molecule is Cc1cccc(NC(=O)[C@H]2CCCN(S(=O)(=O)c3cc(-c4noc(C)n4)sc3C)C2)c1. The van der Waals surface area contributed by atoms with Crippen molar-refractivity contribution in [1.29, 1.82) is 0 Å². The van der Waals surface area contributed by atoms with E-state index < -0.39 is 15.9 Å². The number of sulfonamides is 1. The summed E-state index contributed by atoms with van der Waals surface area (Å²) in [6, 6.07) is 9.15. The van der Waals surface area contributed by atoms with Gasteiger partial charge in [0.25, 0.3) is 0 Å². The van der Waals surface area contributed by atoms with E-state index in [4.69, 9.17) is 4.52 Å². The van der Waals surface area contributed by atoms with Gasteiger partial charge < -0.3 is 9.84 Å². The fourth-order valence-electron chi connectivity index (χ4n) is 3.71. The van der Waals surface area contributed by atoms with Crippen molar-refractivity contribution in [1.82, 2.24) is 14.4 Å². The number of rotatable bonds is 5. The number of benzene rings is 1. The predicted octanol–water partition coefficient (Wildman–Crippen LogP) is 3.76. The smallest absolute Gasteiger partial charge is 0.244 e. The second kappa shape index (κ2) is 8.52. The normalized spacial score (nSPS) is 17.6. The van der Waals surface area contributed by atoms with E-state index in [1.807, 2.05) is 31.2 Å². The Hall–Kier alpha value is -2.56. The minimum absolute atomic E-state index is 0.157. The van der Waals surface area contributed by atoms with Gasteiger partial charge in [-0.3, -0.25) is 4.79 Å². The summed E-state index contributed by atoms with van der Waals surface area (Å²) < 4.78 is 33.2. The van der Waals surface area contributed by atoms with E-state index in [1.54, 1.807) is 19.9 Å². The number of aryl methyl sites for hydroxylation is 3. The Kier molecular flexibility index (Phi) is 5.96. The van der Waals surface area contributed by atoms with Gasteiger partial charge in [-0.2, -0.15) is 9.29 Å². The molecule has 1 aliphatic rings. The number of hydrogen-bond acceptors (Lipinski definition) is 7. The van der Waals surface area contributed by atoms with Crippen LogP contribution < -0.4 is 5.32 Å². The monoisotopic (exact) mass is 460 g/mol. The molecule has 10 heteroatoms. The molecular weight excluding hydrogens is 436 g/mol. The fourth-order valence-corrected chi connectivity index (χ4v) is 6.72. The third-order valence-corrected chi connectivity index (χ3v) is 8.45. The van der Waals surface area contributed by atoms with Crippen molar-refractivity contribution < 1.29 is 17.7 Å². The van der Waals surface area contributed by atoms with Crippen molar-refractivity contribution in [2.45, 2.75) is 38.5 Å². The van der Waals surface area contributed by atoms with Gasteiger partial charge in [0.05, 0.1) is 15.7 Å². The van der Waals surface area contributed by atoms with Gasteiger partial charge in [-0.1, -0.05) is 17.3 Å². The Morgan fingerprint density at radius 2 is 2.06 bits per heavy atom. The summed E-state index contributed by atoms with van der Waals surface area (Å²) in [4.78, 5) is 18.5. The molecule has 1 N–H and O–H groups in total. The van der Waals surface area contributed by atoms with E-state index in [0.29, 0.717) is 40.9 Å². The quantitative estimate of drug-likeness (QED) is 0.621. The first-order valence-corrected chi connectivity index (χ1v) is 12.3. The molecule has 0 spiro atoms. The molecule has 4 rings (SSSR count). The van der Waals surface area contributed by atoms with Crippen molar-refractivity contribution in [3.63, 3.8) is 0 Å². The highest BCUT2D eigenvalue weighted by atomic mass is 32.2. The van der Waals surface area contributed by atoms with E-state index in [2.05, 4.69) is 15.5 Å². The molecule has 1 atom stereocenters. The van der Waals surface area contributed by atoms with Crippen molar-refractivity contribution in [3.05, 3.63) is 46.7 Å². The van der Waals surface area contributed by atoms with Gasteiger partial charge in [0.15, 0.2) is 0 Å². The molecule has 3 heterocycles. The van der Waals surface area contributed by atoms with E-state index in [9.17, 15) is 13.2 Å². The summed E-state index contributed by atoms with van der Waals surface area (Å²) in [5.74, 6) is 0.239. The van der Waals surface area contributed by atoms with E-state index in [-0.39, 0.29) is 17.3 Å². The van der Waals surface area contributed by atoms with Gasteiger partial charge in [0.2, 0.25) is 27.6 Å². The van der Waals surface area contributed by atoms with Crippen LogP contribution in [-0.4, -0.2) is 41.9 Å². The summed E-state index contributed by atoms with van der Waals surface area (Å²) in [5.41, 5.74) is 1.77. The Labute approximate surface area is 185 Å². The average Bonchev–Trinajstić information content (AvgIpc) is 3.34. The van der Waals surface area contributed by atoms with Crippen LogP contribution >= 0.6 is 11.3 Å². The number of thiophene rings is 1. The predicted molar refractivity (Wildman–Crippen MR) is 118 cm³/mol. The fraction of sp³-hybridized carbons (Fsp3) is 0.381. The summed E-state index contributed by atoms with van der Waals surface area (Å²) in [6.07, 6.45) is 1.28. The molecule has 1 aromatic carbocycles.